The van der Waals surface area contributed by atoms with Crippen molar-refractivity contribution >= 4 is 29.3 Å². The van der Waals surface area contributed by atoms with Crippen molar-refractivity contribution in [1.29, 1.82) is 0 Å². The minimum atomic E-state index is -1.31. The molecule has 1 fully saturated rings. The van der Waals surface area contributed by atoms with Crippen LogP contribution in [0.25, 0.3) is 0 Å². The normalized spacial score (nSPS) is 21.0. The van der Waals surface area contributed by atoms with Gasteiger partial charge in [-0.05, 0) is 50.0 Å². The van der Waals surface area contributed by atoms with Gasteiger partial charge in [-0.3, -0.25) is 4.79 Å². The van der Waals surface area contributed by atoms with Gasteiger partial charge in [-0.1, -0.05) is 74.0 Å². The first-order valence-electron chi connectivity index (χ1n) is 12.2. The predicted octanol–water partition coefficient (Wildman–Crippen LogP) is 4.94. The summed E-state index contributed by atoms with van der Waals surface area (Å²) in [6.45, 7) is 5.95. The Hall–Kier alpha value is -2.31. The first-order valence-corrected chi connectivity index (χ1v) is 13.0. The first-order chi connectivity index (χ1) is 16.1. The topological polar surface area (TPSA) is 49.9 Å². The molecule has 0 radical (unpaired) electrons. The number of amides is 1. The highest BCUT2D eigenvalue weighted by Crippen LogP contribution is 2.47. The average Bonchev–Trinajstić information content (AvgIpc) is 2.85. The molecule has 4 rings (SSSR count). The smallest absolute Gasteiger partial charge is 0.332 e. The van der Waals surface area contributed by atoms with Crippen molar-refractivity contribution in [2.24, 2.45) is 0 Å². The number of unbranched alkanes of at least 4 members (excludes halogenated alkanes) is 1. The van der Waals surface area contributed by atoms with Crippen molar-refractivity contribution in [2.45, 2.75) is 55.1 Å². The second-order valence-corrected chi connectivity index (χ2v) is 10.2. The fourth-order valence-electron chi connectivity index (χ4n) is 4.59. The molecule has 1 unspecified atom stereocenters. The van der Waals surface area contributed by atoms with Gasteiger partial charge in [-0.2, -0.15) is 0 Å². The fraction of sp³-hybridized carbons (Fsp3) is 0.481. The van der Waals surface area contributed by atoms with Gasteiger partial charge in [0.05, 0.1) is 12.3 Å². The van der Waals surface area contributed by atoms with Crippen molar-refractivity contribution in [1.82, 2.24) is 4.90 Å². The largest absolute Gasteiger partial charge is 0.464 e. The maximum atomic E-state index is 14.1. The number of fused-ring (bicyclic) bond motifs is 1. The van der Waals surface area contributed by atoms with Crippen molar-refractivity contribution in [3.63, 3.8) is 0 Å². The third-order valence-electron chi connectivity index (χ3n) is 6.48. The van der Waals surface area contributed by atoms with Gasteiger partial charge in [0.15, 0.2) is 0 Å². The Bertz CT molecular complexity index is 945. The maximum absolute atomic E-state index is 14.1. The zero-order valence-corrected chi connectivity index (χ0v) is 20.3. The molecule has 0 spiro atoms. The Kier molecular flexibility index (Phi) is 8.10. The second-order valence-electron chi connectivity index (χ2n) is 8.91. The van der Waals surface area contributed by atoms with Gasteiger partial charge in [-0.15, -0.1) is 0 Å². The zero-order valence-electron chi connectivity index (χ0n) is 19.5. The highest BCUT2D eigenvalue weighted by molar-refractivity contribution is 8.02. The number of nitrogens with zero attached hydrogens (tertiary/aromatic N) is 2. The third kappa shape index (κ3) is 5.44. The molecule has 2 heterocycles. The van der Waals surface area contributed by atoms with E-state index in [1.165, 1.54) is 31.0 Å². The molecule has 1 atom stereocenters. The van der Waals surface area contributed by atoms with Crippen LogP contribution < -0.4 is 4.90 Å². The van der Waals surface area contributed by atoms with E-state index in [4.69, 9.17) is 4.74 Å². The molecule has 5 nitrogen and oxygen atoms in total. The average molecular weight is 467 g/mol. The molecule has 0 bridgehead atoms. The molecule has 6 heteroatoms. The lowest BCUT2D eigenvalue weighted by Gasteiger charge is -2.41. The molecule has 33 heavy (non-hydrogen) atoms. The standard InChI is InChI=1S/C27H34N2O3S/c1-2-3-20-32-26(31)27(21-22-12-6-4-7-13-22)25(30)29(19-18-28-16-10-5-11-17-28)23-14-8-9-15-24(23)33-27/h4,6-9,12-15H,2-3,5,10-11,16-21H2,1H3. The summed E-state index contributed by atoms with van der Waals surface area (Å²) in [5, 5.41) is 0. The van der Waals surface area contributed by atoms with E-state index in [9.17, 15) is 9.59 Å². The summed E-state index contributed by atoms with van der Waals surface area (Å²) < 4.78 is 4.39. The summed E-state index contributed by atoms with van der Waals surface area (Å²) in [6, 6.07) is 17.7. The Labute approximate surface area is 201 Å². The molecule has 2 aliphatic rings. The van der Waals surface area contributed by atoms with Crippen LogP contribution >= 0.6 is 11.8 Å². The van der Waals surface area contributed by atoms with Crippen LogP contribution in [0.4, 0.5) is 5.69 Å². The number of hydrogen-bond acceptors (Lipinski definition) is 5. The van der Waals surface area contributed by atoms with Crippen LogP contribution in [0.15, 0.2) is 59.5 Å². The van der Waals surface area contributed by atoms with E-state index in [0.717, 1.165) is 48.6 Å². The van der Waals surface area contributed by atoms with E-state index in [1.807, 2.05) is 59.5 Å². The maximum Gasteiger partial charge on any atom is 0.332 e. The Morgan fingerprint density at radius 1 is 1.00 bits per heavy atom. The summed E-state index contributed by atoms with van der Waals surface area (Å²) in [5.41, 5.74) is 1.86. The van der Waals surface area contributed by atoms with E-state index < -0.39 is 10.7 Å². The van der Waals surface area contributed by atoms with Gasteiger partial charge in [0.25, 0.3) is 5.91 Å². The summed E-state index contributed by atoms with van der Waals surface area (Å²) in [5.74, 6) is -0.583. The zero-order chi connectivity index (χ0) is 23.1. The van der Waals surface area contributed by atoms with Crippen LogP contribution in [0.5, 0.6) is 0 Å². The number of ether oxygens (including phenoxy) is 1. The van der Waals surface area contributed by atoms with Crippen molar-refractivity contribution < 1.29 is 14.3 Å². The molecule has 0 N–H and O–H groups in total. The summed E-state index contributed by atoms with van der Waals surface area (Å²) in [7, 11) is 0. The number of para-hydroxylation sites is 1. The minimum Gasteiger partial charge on any atom is -0.464 e. The molecular formula is C27H34N2O3S. The van der Waals surface area contributed by atoms with Crippen LogP contribution in [0.1, 0.15) is 44.6 Å². The second kappa shape index (κ2) is 11.2. The number of rotatable bonds is 9. The van der Waals surface area contributed by atoms with Gasteiger partial charge in [0.2, 0.25) is 4.75 Å². The Balaban J connectivity index is 1.66. The van der Waals surface area contributed by atoms with E-state index in [2.05, 4.69) is 11.8 Å². The minimum absolute atomic E-state index is 0.159. The van der Waals surface area contributed by atoms with Gasteiger partial charge in [0, 0.05) is 24.4 Å². The van der Waals surface area contributed by atoms with E-state index in [1.54, 1.807) is 0 Å². The Morgan fingerprint density at radius 2 is 1.73 bits per heavy atom. The fourth-order valence-corrected chi connectivity index (χ4v) is 5.98. The van der Waals surface area contributed by atoms with Crippen molar-refractivity contribution in [3.05, 3.63) is 60.2 Å². The number of thioether (sulfide) groups is 1. The molecular weight excluding hydrogens is 432 g/mol. The number of likely N-dealkylation sites (tertiary alicyclic amines) is 1. The van der Waals surface area contributed by atoms with Crippen LogP contribution in [-0.4, -0.2) is 54.3 Å². The molecule has 176 valence electrons. The molecule has 1 saturated heterocycles. The van der Waals surface area contributed by atoms with Gasteiger partial charge in [-0.25, -0.2) is 4.79 Å². The molecule has 2 aromatic carbocycles. The van der Waals surface area contributed by atoms with E-state index >= 15 is 0 Å². The lowest BCUT2D eigenvalue weighted by molar-refractivity contribution is -0.149. The number of piperidine rings is 1. The SMILES string of the molecule is CCCCOC(=O)C1(Cc2ccccc2)Sc2ccccc2N(CCN2CCCCC2)C1=O. The molecule has 0 aromatic heterocycles. The van der Waals surface area contributed by atoms with Gasteiger partial charge >= 0.3 is 5.97 Å². The molecule has 1 amide bonds. The van der Waals surface area contributed by atoms with Crippen molar-refractivity contribution in [3.8, 4) is 0 Å². The molecule has 2 aliphatic heterocycles. The molecule has 0 aliphatic carbocycles. The third-order valence-corrected chi connectivity index (χ3v) is 7.88. The van der Waals surface area contributed by atoms with Gasteiger partial charge in [0.1, 0.15) is 0 Å². The van der Waals surface area contributed by atoms with Crippen LogP contribution in [0.3, 0.4) is 0 Å². The number of hydrogen-bond donors (Lipinski definition) is 0. The number of anilines is 1. The molecule has 0 saturated carbocycles. The number of carbonyl (C=O) groups excluding carboxylic acids is 2. The quantitative estimate of drug-likeness (QED) is 0.298. The van der Waals surface area contributed by atoms with Crippen LogP contribution in [0, 0.1) is 0 Å². The predicted molar refractivity (Wildman–Crippen MR) is 134 cm³/mol. The lowest BCUT2D eigenvalue weighted by Crippen LogP contribution is -2.57. The van der Waals surface area contributed by atoms with E-state index in [0.29, 0.717) is 19.6 Å². The van der Waals surface area contributed by atoms with E-state index in [-0.39, 0.29) is 5.91 Å². The molecule has 2 aromatic rings. The Morgan fingerprint density at radius 3 is 2.48 bits per heavy atom. The highest BCUT2D eigenvalue weighted by Gasteiger charge is 2.54. The summed E-state index contributed by atoms with van der Waals surface area (Å²) in [4.78, 5) is 32.9. The number of carbonyl (C=O) groups is 2. The summed E-state index contributed by atoms with van der Waals surface area (Å²) >= 11 is 1.36. The lowest BCUT2D eigenvalue weighted by atomic mass is 9.95. The van der Waals surface area contributed by atoms with Crippen molar-refractivity contribution in [2.75, 3.05) is 37.7 Å². The first kappa shape index (κ1) is 23.8. The van der Waals surface area contributed by atoms with Crippen LogP contribution in [-0.2, 0) is 20.7 Å². The number of esters is 1. The van der Waals surface area contributed by atoms with Crippen LogP contribution in [0.2, 0.25) is 0 Å². The van der Waals surface area contributed by atoms with Gasteiger partial charge < -0.3 is 14.5 Å². The number of benzene rings is 2. The monoisotopic (exact) mass is 466 g/mol. The highest BCUT2D eigenvalue weighted by atomic mass is 32.2. The summed E-state index contributed by atoms with van der Waals surface area (Å²) in [6.07, 6.45) is 5.75.